The Hall–Kier alpha value is -2.01. The molecule has 0 aliphatic carbocycles. The minimum Gasteiger partial charge on any atom is -0.281 e. The van der Waals surface area contributed by atoms with Crippen molar-refractivity contribution >= 4 is 29.2 Å². The molecule has 1 heterocycles. The lowest BCUT2D eigenvalue weighted by atomic mass is 10.2. The fourth-order valence-electron chi connectivity index (χ4n) is 1.56. The van der Waals surface area contributed by atoms with Crippen LogP contribution in [0.3, 0.4) is 0 Å². The van der Waals surface area contributed by atoms with Gasteiger partial charge in [-0.05, 0) is 37.0 Å². The minimum absolute atomic E-state index is 0.320. The predicted octanol–water partition coefficient (Wildman–Crippen LogP) is 3.72. The summed E-state index contributed by atoms with van der Waals surface area (Å²) in [5, 5.41) is 0.688. The predicted molar refractivity (Wildman–Crippen MR) is 78.2 cm³/mol. The van der Waals surface area contributed by atoms with Gasteiger partial charge in [0, 0.05) is 29.9 Å². The number of aliphatic imine (C=N–C) groups is 2. The largest absolute Gasteiger partial charge is 0.281 e. The van der Waals surface area contributed by atoms with Gasteiger partial charge < -0.3 is 0 Å². The van der Waals surface area contributed by atoms with Crippen molar-refractivity contribution < 1.29 is 4.39 Å². The lowest BCUT2D eigenvalue weighted by Crippen LogP contribution is -1.97. The zero-order chi connectivity index (χ0) is 13.7. The summed E-state index contributed by atoms with van der Waals surface area (Å²) in [5.74, 6) is -0.320. The van der Waals surface area contributed by atoms with Crippen molar-refractivity contribution in [2.24, 2.45) is 9.98 Å². The maximum absolute atomic E-state index is 13.4. The van der Waals surface area contributed by atoms with Crippen molar-refractivity contribution in [1.29, 1.82) is 0 Å². The van der Waals surface area contributed by atoms with Gasteiger partial charge in [-0.3, -0.25) is 15.0 Å². The third kappa shape index (κ3) is 3.26. The Labute approximate surface area is 115 Å². The molecule has 3 nitrogen and oxygen atoms in total. The van der Waals surface area contributed by atoms with E-state index in [9.17, 15) is 4.39 Å². The van der Waals surface area contributed by atoms with E-state index in [0.717, 1.165) is 4.90 Å². The molecule has 19 heavy (non-hydrogen) atoms. The first-order valence-corrected chi connectivity index (χ1v) is 6.37. The summed E-state index contributed by atoms with van der Waals surface area (Å²) in [6.07, 6.45) is 3.40. The van der Waals surface area contributed by atoms with E-state index in [1.807, 2.05) is 12.1 Å². The van der Waals surface area contributed by atoms with Crippen LogP contribution in [0.1, 0.15) is 5.56 Å². The van der Waals surface area contributed by atoms with Crippen LogP contribution in [-0.2, 0) is 0 Å². The van der Waals surface area contributed by atoms with Gasteiger partial charge in [0.2, 0.25) is 0 Å². The van der Waals surface area contributed by atoms with Crippen molar-refractivity contribution in [2.45, 2.75) is 4.90 Å². The molecule has 0 spiro atoms. The van der Waals surface area contributed by atoms with Crippen LogP contribution in [0.4, 0.5) is 10.1 Å². The van der Waals surface area contributed by atoms with E-state index in [2.05, 4.69) is 21.7 Å². The number of rotatable bonds is 3. The smallest absolute Gasteiger partial charge is 0.124 e. The highest BCUT2D eigenvalue weighted by atomic mass is 32.2. The van der Waals surface area contributed by atoms with Crippen LogP contribution in [0.25, 0.3) is 0 Å². The molecule has 0 saturated carbocycles. The fraction of sp³-hybridized carbons (Fsp3) is 0.0714. The Morgan fingerprint density at radius 2 is 2.00 bits per heavy atom. The highest BCUT2D eigenvalue weighted by Crippen LogP contribution is 2.29. The Bertz CT molecular complexity index is 611. The number of aromatic nitrogens is 1. The SMILES string of the molecule is C=Nc1ccc(F)cc1/C(=N\C)Sc1ccncc1. The van der Waals surface area contributed by atoms with E-state index in [4.69, 9.17) is 0 Å². The van der Waals surface area contributed by atoms with Crippen molar-refractivity contribution in [3.63, 3.8) is 0 Å². The van der Waals surface area contributed by atoms with E-state index in [-0.39, 0.29) is 5.82 Å². The van der Waals surface area contributed by atoms with E-state index in [1.54, 1.807) is 25.5 Å². The minimum atomic E-state index is -0.320. The Morgan fingerprint density at radius 1 is 1.26 bits per heavy atom. The average molecular weight is 273 g/mol. The van der Waals surface area contributed by atoms with E-state index < -0.39 is 0 Å². The zero-order valence-corrected chi connectivity index (χ0v) is 11.2. The number of benzene rings is 1. The molecule has 2 aromatic rings. The van der Waals surface area contributed by atoms with Gasteiger partial charge in [0.1, 0.15) is 10.9 Å². The highest BCUT2D eigenvalue weighted by molar-refractivity contribution is 8.14. The fourth-order valence-corrected chi connectivity index (χ4v) is 2.40. The van der Waals surface area contributed by atoms with Gasteiger partial charge in [-0.15, -0.1) is 0 Å². The third-order valence-corrected chi connectivity index (χ3v) is 3.53. The lowest BCUT2D eigenvalue weighted by molar-refractivity contribution is 0.627. The first-order chi connectivity index (χ1) is 9.24. The van der Waals surface area contributed by atoms with E-state index in [0.29, 0.717) is 16.3 Å². The molecule has 0 atom stereocenters. The average Bonchev–Trinajstić information content (AvgIpc) is 2.46. The molecule has 0 bridgehead atoms. The van der Waals surface area contributed by atoms with Crippen LogP contribution in [0.5, 0.6) is 0 Å². The van der Waals surface area contributed by atoms with E-state index in [1.165, 1.54) is 23.9 Å². The number of nitrogens with zero attached hydrogens (tertiary/aromatic N) is 3. The summed E-state index contributed by atoms with van der Waals surface area (Å²) >= 11 is 1.44. The van der Waals surface area contributed by atoms with Crippen molar-refractivity contribution in [2.75, 3.05) is 7.05 Å². The summed E-state index contributed by atoms with van der Waals surface area (Å²) in [5.41, 5.74) is 1.25. The van der Waals surface area contributed by atoms with Crippen molar-refractivity contribution in [3.8, 4) is 0 Å². The second-order valence-corrected chi connectivity index (χ2v) is 4.70. The van der Waals surface area contributed by atoms with E-state index >= 15 is 0 Å². The first-order valence-electron chi connectivity index (χ1n) is 5.56. The lowest BCUT2D eigenvalue weighted by Gasteiger charge is -2.08. The molecule has 0 fully saturated rings. The zero-order valence-electron chi connectivity index (χ0n) is 10.4. The molecular weight excluding hydrogens is 261 g/mol. The normalized spacial score (nSPS) is 11.4. The molecule has 0 amide bonds. The van der Waals surface area contributed by atoms with Gasteiger partial charge in [0.05, 0.1) is 5.69 Å². The van der Waals surface area contributed by atoms with Gasteiger partial charge >= 0.3 is 0 Å². The Morgan fingerprint density at radius 3 is 2.63 bits per heavy atom. The van der Waals surface area contributed by atoms with Crippen molar-refractivity contribution in [1.82, 2.24) is 4.98 Å². The van der Waals surface area contributed by atoms with Gasteiger partial charge in [-0.1, -0.05) is 11.8 Å². The van der Waals surface area contributed by atoms with Gasteiger partial charge in [0.15, 0.2) is 0 Å². The van der Waals surface area contributed by atoms with Crippen LogP contribution in [-0.4, -0.2) is 23.8 Å². The van der Waals surface area contributed by atoms with Gasteiger partial charge in [-0.25, -0.2) is 4.39 Å². The second-order valence-electron chi connectivity index (χ2n) is 3.63. The molecule has 2 rings (SSSR count). The molecule has 0 N–H and O–H groups in total. The summed E-state index contributed by atoms with van der Waals surface area (Å²) < 4.78 is 13.4. The Balaban J connectivity index is 2.38. The maximum Gasteiger partial charge on any atom is 0.124 e. The summed E-state index contributed by atoms with van der Waals surface area (Å²) in [7, 11) is 1.67. The molecule has 0 aliphatic rings. The number of pyridine rings is 1. The molecule has 1 aromatic carbocycles. The standard InChI is InChI=1S/C14H12FN3S/c1-16-13-4-3-10(15)9-12(13)14(17-2)19-11-5-7-18-8-6-11/h3-9H,1H2,2H3/b17-14+. The monoisotopic (exact) mass is 273 g/mol. The first kappa shape index (κ1) is 13.4. The maximum atomic E-state index is 13.4. The summed E-state index contributed by atoms with van der Waals surface area (Å²) in [6, 6.07) is 8.11. The third-order valence-electron chi connectivity index (χ3n) is 2.43. The molecule has 1 aromatic heterocycles. The Kier molecular flexibility index (Phi) is 4.41. The summed E-state index contributed by atoms with van der Waals surface area (Å²) in [4.78, 5) is 13.0. The van der Waals surface area contributed by atoms with Crippen molar-refractivity contribution in [3.05, 3.63) is 54.1 Å². The molecule has 5 heteroatoms. The van der Waals surface area contributed by atoms with Gasteiger partial charge in [0.25, 0.3) is 0 Å². The van der Waals surface area contributed by atoms with Crippen LogP contribution in [0, 0.1) is 5.82 Å². The van der Waals surface area contributed by atoms with Crippen LogP contribution < -0.4 is 0 Å². The molecule has 0 radical (unpaired) electrons. The van der Waals surface area contributed by atoms with Crippen LogP contribution in [0.2, 0.25) is 0 Å². The summed E-state index contributed by atoms with van der Waals surface area (Å²) in [6.45, 7) is 3.50. The quantitative estimate of drug-likeness (QED) is 0.485. The topological polar surface area (TPSA) is 37.6 Å². The molecule has 0 unspecified atom stereocenters. The number of halogens is 1. The van der Waals surface area contributed by atoms with Crippen LogP contribution in [0.15, 0.2) is 57.6 Å². The van der Waals surface area contributed by atoms with Gasteiger partial charge in [-0.2, -0.15) is 0 Å². The highest BCUT2D eigenvalue weighted by Gasteiger charge is 2.11. The number of thioether (sulfide) groups is 1. The number of hydrogen-bond acceptors (Lipinski definition) is 4. The second kappa shape index (κ2) is 6.24. The molecular formula is C14H12FN3S. The van der Waals surface area contributed by atoms with Crippen LogP contribution >= 0.6 is 11.8 Å². The molecule has 0 saturated heterocycles. The molecule has 96 valence electrons. The number of hydrogen-bond donors (Lipinski definition) is 0. The molecule has 0 aliphatic heterocycles.